The molecule has 108 valence electrons. The van der Waals surface area contributed by atoms with Crippen molar-refractivity contribution >= 4 is 11.6 Å². The fourth-order valence-corrected chi connectivity index (χ4v) is 1.98. The number of halogens is 4. The molecular formula is C13H12ClF3N2O. The molecule has 1 atom stereocenters. The summed E-state index contributed by atoms with van der Waals surface area (Å²) in [7, 11) is 0. The van der Waals surface area contributed by atoms with Crippen LogP contribution in [0.2, 0.25) is 5.02 Å². The highest BCUT2D eigenvalue weighted by Gasteiger charge is 2.31. The summed E-state index contributed by atoms with van der Waals surface area (Å²) in [6.45, 7) is 0.202. The number of benzene rings is 1. The third-order valence-corrected chi connectivity index (χ3v) is 3.12. The Morgan fingerprint density at radius 1 is 1.20 bits per heavy atom. The van der Waals surface area contributed by atoms with E-state index in [9.17, 15) is 13.2 Å². The van der Waals surface area contributed by atoms with Gasteiger partial charge in [-0.25, -0.2) is 0 Å². The molecule has 0 saturated carbocycles. The fourth-order valence-electron chi connectivity index (χ4n) is 1.70. The molecule has 1 unspecified atom stereocenters. The summed E-state index contributed by atoms with van der Waals surface area (Å²) < 4.78 is 43.1. The molecule has 0 aliphatic carbocycles. The number of nitrogens with two attached hydrogens (primary N) is 2. The van der Waals surface area contributed by atoms with E-state index in [4.69, 9.17) is 27.5 Å². The van der Waals surface area contributed by atoms with Crippen LogP contribution in [0.25, 0.3) is 11.3 Å². The van der Waals surface area contributed by atoms with Crippen molar-refractivity contribution in [1.29, 1.82) is 0 Å². The van der Waals surface area contributed by atoms with Gasteiger partial charge >= 0.3 is 6.18 Å². The SMILES string of the molecule is NCC(N)c1ccc(-c2ccc(C(F)(F)F)cc2Cl)o1. The third-order valence-electron chi connectivity index (χ3n) is 2.81. The van der Waals surface area contributed by atoms with Gasteiger partial charge in [-0.3, -0.25) is 0 Å². The van der Waals surface area contributed by atoms with Gasteiger partial charge in [-0.2, -0.15) is 13.2 Å². The largest absolute Gasteiger partial charge is 0.459 e. The maximum absolute atomic E-state index is 12.5. The van der Waals surface area contributed by atoms with Crippen LogP contribution in [0.15, 0.2) is 34.7 Å². The van der Waals surface area contributed by atoms with E-state index < -0.39 is 17.8 Å². The van der Waals surface area contributed by atoms with Gasteiger partial charge in [0, 0.05) is 12.1 Å². The van der Waals surface area contributed by atoms with Gasteiger partial charge in [0.1, 0.15) is 11.5 Å². The summed E-state index contributed by atoms with van der Waals surface area (Å²) in [5, 5.41) is -0.0398. The molecule has 7 heteroatoms. The normalized spacial score (nSPS) is 13.5. The second-order valence-corrected chi connectivity index (χ2v) is 4.64. The van der Waals surface area contributed by atoms with Crippen LogP contribution in [-0.4, -0.2) is 6.54 Å². The first-order valence-corrected chi connectivity index (χ1v) is 6.13. The van der Waals surface area contributed by atoms with Gasteiger partial charge in [0.2, 0.25) is 0 Å². The molecule has 3 nitrogen and oxygen atoms in total. The third kappa shape index (κ3) is 2.98. The Kier molecular flexibility index (Phi) is 4.08. The maximum Gasteiger partial charge on any atom is 0.416 e. The lowest BCUT2D eigenvalue weighted by molar-refractivity contribution is -0.137. The minimum Gasteiger partial charge on any atom is -0.459 e. The minimum absolute atomic E-state index is 0.0398. The molecule has 0 aliphatic rings. The molecule has 1 heterocycles. The second kappa shape index (κ2) is 5.47. The van der Waals surface area contributed by atoms with E-state index in [-0.39, 0.29) is 11.6 Å². The average Bonchev–Trinajstić information content (AvgIpc) is 2.86. The first-order valence-electron chi connectivity index (χ1n) is 5.75. The Bertz CT molecular complexity index is 610. The van der Waals surface area contributed by atoms with Gasteiger partial charge < -0.3 is 15.9 Å². The molecule has 4 N–H and O–H groups in total. The summed E-state index contributed by atoms with van der Waals surface area (Å²) >= 11 is 5.88. The maximum atomic E-state index is 12.5. The summed E-state index contributed by atoms with van der Waals surface area (Å²) in [4.78, 5) is 0. The second-order valence-electron chi connectivity index (χ2n) is 4.24. The van der Waals surface area contributed by atoms with Crippen LogP contribution in [0, 0.1) is 0 Å². The van der Waals surface area contributed by atoms with Gasteiger partial charge in [0.05, 0.1) is 16.6 Å². The monoisotopic (exact) mass is 304 g/mol. The Morgan fingerprint density at radius 3 is 2.45 bits per heavy atom. The van der Waals surface area contributed by atoms with Gasteiger partial charge in [0.15, 0.2) is 0 Å². The van der Waals surface area contributed by atoms with Crippen LogP contribution >= 0.6 is 11.6 Å². The minimum atomic E-state index is -4.43. The van der Waals surface area contributed by atoms with Crippen molar-refractivity contribution in [3.05, 3.63) is 46.7 Å². The van der Waals surface area contributed by atoms with E-state index in [0.717, 1.165) is 12.1 Å². The molecule has 1 aromatic heterocycles. The Morgan fingerprint density at radius 2 is 1.90 bits per heavy atom. The summed E-state index contributed by atoms with van der Waals surface area (Å²) in [5.74, 6) is 0.807. The molecule has 0 saturated heterocycles. The van der Waals surface area contributed by atoms with E-state index >= 15 is 0 Å². The van der Waals surface area contributed by atoms with Gasteiger partial charge in [-0.1, -0.05) is 11.6 Å². The average molecular weight is 305 g/mol. The number of hydrogen-bond acceptors (Lipinski definition) is 3. The van der Waals surface area contributed by atoms with E-state index in [1.165, 1.54) is 6.07 Å². The molecular weight excluding hydrogens is 293 g/mol. The molecule has 1 aromatic carbocycles. The Hall–Kier alpha value is -1.50. The predicted molar refractivity (Wildman–Crippen MR) is 70.1 cm³/mol. The predicted octanol–water partition coefficient (Wildman–Crippen LogP) is 3.58. The van der Waals surface area contributed by atoms with Crippen LogP contribution in [0.4, 0.5) is 13.2 Å². The molecule has 0 amide bonds. The highest BCUT2D eigenvalue weighted by molar-refractivity contribution is 6.33. The zero-order chi connectivity index (χ0) is 14.9. The molecule has 0 fully saturated rings. The van der Waals surface area contributed by atoms with E-state index in [1.807, 2.05) is 0 Å². The first-order chi connectivity index (χ1) is 9.32. The van der Waals surface area contributed by atoms with Crippen LogP contribution in [0.3, 0.4) is 0 Å². The van der Waals surface area contributed by atoms with Crippen LogP contribution in [0.1, 0.15) is 17.4 Å². The zero-order valence-corrected chi connectivity index (χ0v) is 11.0. The van der Waals surface area contributed by atoms with Gasteiger partial charge in [-0.05, 0) is 30.3 Å². The van der Waals surface area contributed by atoms with E-state index in [0.29, 0.717) is 17.1 Å². The molecule has 0 radical (unpaired) electrons. The zero-order valence-electron chi connectivity index (χ0n) is 10.2. The van der Waals surface area contributed by atoms with Crippen molar-refractivity contribution in [3.8, 4) is 11.3 Å². The topological polar surface area (TPSA) is 65.2 Å². The van der Waals surface area contributed by atoms with Crippen LogP contribution < -0.4 is 11.5 Å². The molecule has 2 aromatic rings. The van der Waals surface area contributed by atoms with E-state index in [2.05, 4.69) is 0 Å². The molecule has 0 aliphatic heterocycles. The summed E-state index contributed by atoms with van der Waals surface area (Å²) in [6, 6.07) is 5.84. The quantitative estimate of drug-likeness (QED) is 0.911. The van der Waals surface area contributed by atoms with E-state index in [1.54, 1.807) is 12.1 Å². The van der Waals surface area contributed by atoms with Crippen LogP contribution in [-0.2, 0) is 6.18 Å². The van der Waals surface area contributed by atoms with Gasteiger partial charge in [0.25, 0.3) is 0 Å². The van der Waals surface area contributed by atoms with Crippen LogP contribution in [0.5, 0.6) is 0 Å². The lowest BCUT2D eigenvalue weighted by Gasteiger charge is -2.09. The van der Waals surface area contributed by atoms with Crippen molar-refractivity contribution in [3.63, 3.8) is 0 Å². The van der Waals surface area contributed by atoms with Crippen molar-refractivity contribution in [1.82, 2.24) is 0 Å². The lowest BCUT2D eigenvalue weighted by atomic mass is 10.1. The number of furan rings is 1. The Labute approximate surface area is 118 Å². The fraction of sp³-hybridized carbons (Fsp3) is 0.231. The first kappa shape index (κ1) is 14.9. The highest BCUT2D eigenvalue weighted by atomic mass is 35.5. The summed E-state index contributed by atoms with van der Waals surface area (Å²) in [6.07, 6.45) is -4.43. The standard InChI is InChI=1S/C13H12ClF3N2O/c14-9-5-7(13(15,16)17)1-2-8(9)11-3-4-12(20-11)10(19)6-18/h1-5,10H,6,18-19H2. The van der Waals surface area contributed by atoms with Crippen molar-refractivity contribution in [2.75, 3.05) is 6.54 Å². The number of hydrogen-bond donors (Lipinski definition) is 2. The molecule has 0 spiro atoms. The van der Waals surface area contributed by atoms with Crippen molar-refractivity contribution in [2.45, 2.75) is 12.2 Å². The summed E-state index contributed by atoms with van der Waals surface area (Å²) in [5.41, 5.74) is 10.7. The molecule has 0 bridgehead atoms. The van der Waals surface area contributed by atoms with Crippen molar-refractivity contribution < 1.29 is 17.6 Å². The number of alkyl halides is 3. The molecule has 20 heavy (non-hydrogen) atoms. The smallest absolute Gasteiger partial charge is 0.416 e. The number of rotatable bonds is 3. The van der Waals surface area contributed by atoms with Gasteiger partial charge in [-0.15, -0.1) is 0 Å². The lowest BCUT2D eigenvalue weighted by Crippen LogP contribution is -2.19. The Balaban J connectivity index is 2.36. The van der Waals surface area contributed by atoms with Crippen molar-refractivity contribution in [2.24, 2.45) is 11.5 Å². The highest BCUT2D eigenvalue weighted by Crippen LogP contribution is 2.36. The molecule has 2 rings (SSSR count).